The van der Waals surface area contributed by atoms with Crippen LogP contribution in [0.2, 0.25) is 5.15 Å². The maximum absolute atomic E-state index is 5.85. The minimum Gasteiger partial charge on any atom is -0.227 e. The molecule has 1 aromatic rings. The van der Waals surface area contributed by atoms with Gasteiger partial charge >= 0.3 is 0 Å². The third kappa shape index (κ3) is 2.20. The topological polar surface area (TPSA) is 25.8 Å². The molecule has 4 heteroatoms. The summed E-state index contributed by atoms with van der Waals surface area (Å²) < 4.78 is 0.599. The molecule has 0 saturated heterocycles. The molecule has 0 spiro atoms. The Morgan fingerprint density at radius 2 is 2.00 bits per heavy atom. The van der Waals surface area contributed by atoms with E-state index in [0.29, 0.717) is 15.8 Å². The summed E-state index contributed by atoms with van der Waals surface area (Å²) in [7, 11) is 0. The second-order valence-electron chi connectivity index (χ2n) is 3.37. The van der Waals surface area contributed by atoms with Gasteiger partial charge in [-0.15, -0.1) is 0 Å². The average Bonchev–Trinajstić information content (AvgIpc) is 2.53. The summed E-state index contributed by atoms with van der Waals surface area (Å²) in [5.74, 6) is 0.594. The predicted molar refractivity (Wildman–Crippen MR) is 56.0 cm³/mol. The summed E-state index contributed by atoms with van der Waals surface area (Å²) in [5.41, 5.74) is 1.09. The number of halogens is 2. The Kier molecular flexibility index (Phi) is 2.84. The zero-order valence-electron chi connectivity index (χ0n) is 7.13. The highest BCUT2D eigenvalue weighted by molar-refractivity contribution is 9.10. The molecule has 0 bridgehead atoms. The van der Waals surface area contributed by atoms with Crippen LogP contribution in [0.25, 0.3) is 0 Å². The number of rotatable bonds is 1. The van der Waals surface area contributed by atoms with Crippen molar-refractivity contribution in [3.05, 3.63) is 21.6 Å². The van der Waals surface area contributed by atoms with Gasteiger partial charge in [-0.1, -0.05) is 24.4 Å². The van der Waals surface area contributed by atoms with Gasteiger partial charge in [0, 0.05) is 11.6 Å². The van der Waals surface area contributed by atoms with Gasteiger partial charge in [0.15, 0.2) is 4.73 Å². The number of aromatic nitrogens is 2. The number of hydrogen-bond acceptors (Lipinski definition) is 2. The van der Waals surface area contributed by atoms with Crippen molar-refractivity contribution in [1.29, 1.82) is 0 Å². The van der Waals surface area contributed by atoms with E-state index < -0.39 is 0 Å². The molecule has 0 aliphatic heterocycles. The summed E-state index contributed by atoms with van der Waals surface area (Å²) in [6.07, 6.45) is 5.09. The lowest BCUT2D eigenvalue weighted by atomic mass is 10.0. The number of nitrogens with zero attached hydrogens (tertiary/aromatic N) is 2. The van der Waals surface area contributed by atoms with Crippen LogP contribution < -0.4 is 0 Å². The van der Waals surface area contributed by atoms with E-state index in [0.717, 1.165) is 5.69 Å². The standard InChI is InChI=1S/C9H10BrClN2/c10-9-12-7(5-8(11)13-9)6-3-1-2-4-6/h5-6H,1-4H2. The molecule has 1 heterocycles. The van der Waals surface area contributed by atoms with Crippen LogP contribution >= 0.6 is 27.5 Å². The van der Waals surface area contributed by atoms with Gasteiger partial charge in [0.2, 0.25) is 0 Å². The Morgan fingerprint density at radius 1 is 1.31 bits per heavy atom. The van der Waals surface area contributed by atoms with E-state index in [4.69, 9.17) is 11.6 Å². The fraction of sp³-hybridized carbons (Fsp3) is 0.556. The Hall–Kier alpha value is -0.150. The first-order chi connectivity index (χ1) is 6.25. The predicted octanol–water partition coefficient (Wildman–Crippen LogP) is 3.55. The van der Waals surface area contributed by atoms with Gasteiger partial charge in [-0.05, 0) is 34.8 Å². The molecule has 13 heavy (non-hydrogen) atoms. The second-order valence-corrected chi connectivity index (χ2v) is 4.46. The molecule has 0 radical (unpaired) electrons. The normalized spacial score (nSPS) is 18.0. The molecule has 0 atom stereocenters. The minimum absolute atomic E-state index is 0.531. The van der Waals surface area contributed by atoms with E-state index in [1.807, 2.05) is 6.07 Å². The molecule has 1 aliphatic carbocycles. The summed E-state index contributed by atoms with van der Waals surface area (Å²) in [6.45, 7) is 0. The Labute approximate surface area is 90.9 Å². The van der Waals surface area contributed by atoms with E-state index >= 15 is 0 Å². The van der Waals surface area contributed by atoms with Crippen LogP contribution in [0.3, 0.4) is 0 Å². The molecule has 0 amide bonds. The lowest BCUT2D eigenvalue weighted by Crippen LogP contribution is -1.98. The summed E-state index contributed by atoms with van der Waals surface area (Å²) >= 11 is 9.10. The first kappa shape index (κ1) is 9.41. The quantitative estimate of drug-likeness (QED) is 0.571. The van der Waals surface area contributed by atoms with Crippen molar-refractivity contribution in [1.82, 2.24) is 9.97 Å². The first-order valence-corrected chi connectivity index (χ1v) is 5.63. The second kappa shape index (κ2) is 3.93. The van der Waals surface area contributed by atoms with E-state index in [2.05, 4.69) is 25.9 Å². The van der Waals surface area contributed by atoms with Crippen molar-refractivity contribution in [2.24, 2.45) is 0 Å². The largest absolute Gasteiger partial charge is 0.227 e. The lowest BCUT2D eigenvalue weighted by molar-refractivity contribution is 0.690. The van der Waals surface area contributed by atoms with Crippen LogP contribution in [0.4, 0.5) is 0 Å². The zero-order chi connectivity index (χ0) is 9.26. The van der Waals surface area contributed by atoms with Crippen LogP contribution in [0.1, 0.15) is 37.3 Å². The Bertz CT molecular complexity index is 290. The molecule has 1 aliphatic rings. The van der Waals surface area contributed by atoms with Crippen LogP contribution in [0.15, 0.2) is 10.8 Å². The Morgan fingerprint density at radius 3 is 2.62 bits per heavy atom. The van der Waals surface area contributed by atoms with Gasteiger partial charge in [-0.2, -0.15) is 0 Å². The molecule has 2 nitrogen and oxygen atoms in total. The van der Waals surface area contributed by atoms with Gasteiger partial charge in [0.25, 0.3) is 0 Å². The maximum atomic E-state index is 5.85. The molecular weight excluding hydrogens is 251 g/mol. The summed E-state index contributed by atoms with van der Waals surface area (Å²) in [4.78, 5) is 8.31. The third-order valence-electron chi connectivity index (χ3n) is 2.46. The molecule has 2 rings (SSSR count). The van der Waals surface area contributed by atoms with Crippen LogP contribution in [-0.2, 0) is 0 Å². The van der Waals surface area contributed by atoms with Crippen molar-refractivity contribution in [3.63, 3.8) is 0 Å². The SMILES string of the molecule is Clc1cc(C2CCCC2)nc(Br)n1. The fourth-order valence-corrected chi connectivity index (χ4v) is 2.53. The molecule has 1 fully saturated rings. The van der Waals surface area contributed by atoms with Gasteiger partial charge in [-0.25, -0.2) is 9.97 Å². The van der Waals surface area contributed by atoms with Gasteiger partial charge < -0.3 is 0 Å². The van der Waals surface area contributed by atoms with Crippen LogP contribution in [0.5, 0.6) is 0 Å². The van der Waals surface area contributed by atoms with E-state index in [-0.39, 0.29) is 0 Å². The highest BCUT2D eigenvalue weighted by Crippen LogP contribution is 2.33. The highest BCUT2D eigenvalue weighted by atomic mass is 79.9. The lowest BCUT2D eigenvalue weighted by Gasteiger charge is -2.07. The monoisotopic (exact) mass is 260 g/mol. The maximum Gasteiger partial charge on any atom is 0.198 e. The first-order valence-electron chi connectivity index (χ1n) is 4.45. The smallest absolute Gasteiger partial charge is 0.198 e. The fourth-order valence-electron chi connectivity index (χ4n) is 1.84. The van der Waals surface area contributed by atoms with Crippen molar-refractivity contribution >= 4 is 27.5 Å². The average molecular weight is 262 g/mol. The van der Waals surface area contributed by atoms with Crippen LogP contribution in [0, 0.1) is 0 Å². The van der Waals surface area contributed by atoms with Crippen molar-refractivity contribution in [3.8, 4) is 0 Å². The van der Waals surface area contributed by atoms with E-state index in [9.17, 15) is 0 Å². The third-order valence-corrected chi connectivity index (χ3v) is 3.01. The van der Waals surface area contributed by atoms with E-state index in [1.54, 1.807) is 0 Å². The van der Waals surface area contributed by atoms with E-state index in [1.165, 1.54) is 25.7 Å². The molecule has 0 aromatic carbocycles. The van der Waals surface area contributed by atoms with Crippen LogP contribution in [-0.4, -0.2) is 9.97 Å². The van der Waals surface area contributed by atoms with Crippen molar-refractivity contribution in [2.75, 3.05) is 0 Å². The van der Waals surface area contributed by atoms with Gasteiger partial charge in [0.1, 0.15) is 5.15 Å². The molecule has 0 N–H and O–H groups in total. The molecule has 1 aromatic heterocycles. The molecule has 70 valence electrons. The van der Waals surface area contributed by atoms with Gasteiger partial charge in [0.05, 0.1) is 0 Å². The minimum atomic E-state index is 0.531. The summed E-state index contributed by atoms with van der Waals surface area (Å²) in [6, 6.07) is 1.88. The molecule has 0 unspecified atom stereocenters. The summed E-state index contributed by atoms with van der Waals surface area (Å²) in [5, 5.41) is 0.531. The number of hydrogen-bond donors (Lipinski definition) is 0. The van der Waals surface area contributed by atoms with Gasteiger partial charge in [-0.3, -0.25) is 0 Å². The highest BCUT2D eigenvalue weighted by Gasteiger charge is 2.19. The molecule has 1 saturated carbocycles. The zero-order valence-corrected chi connectivity index (χ0v) is 9.48. The van der Waals surface area contributed by atoms with Crippen molar-refractivity contribution < 1.29 is 0 Å². The Balaban J connectivity index is 2.28. The molecular formula is C9H10BrClN2. The van der Waals surface area contributed by atoms with Crippen molar-refractivity contribution in [2.45, 2.75) is 31.6 Å².